The molecule has 0 aliphatic heterocycles. The summed E-state index contributed by atoms with van der Waals surface area (Å²) >= 11 is 5.63. The molecule has 0 radical (unpaired) electrons. The zero-order valence-corrected chi connectivity index (χ0v) is 12.4. The van der Waals surface area contributed by atoms with Gasteiger partial charge in [0.2, 0.25) is 5.91 Å². The Balaban J connectivity index is 3.90. The summed E-state index contributed by atoms with van der Waals surface area (Å²) in [4.78, 5) is 14.0. The molecule has 0 N–H and O–H groups in total. The fourth-order valence-corrected chi connectivity index (χ4v) is 2.18. The molecule has 2 nitrogen and oxygen atoms in total. The van der Waals surface area contributed by atoms with Crippen LogP contribution in [-0.2, 0) is 4.79 Å². The number of carbonyl (C=O) groups excluding carboxylic acids is 1. The molecule has 0 aromatic heterocycles. The fraction of sp³-hybridized carbons (Fsp3) is 0.929. The van der Waals surface area contributed by atoms with Crippen molar-refractivity contribution in [2.45, 2.75) is 58.8 Å². The van der Waals surface area contributed by atoms with E-state index in [1.165, 1.54) is 6.42 Å². The summed E-state index contributed by atoms with van der Waals surface area (Å²) in [6.07, 6.45) is 7.57. The Hall–Kier alpha value is -0.240. The molecule has 0 heterocycles. The van der Waals surface area contributed by atoms with Crippen LogP contribution in [0.2, 0.25) is 0 Å². The summed E-state index contributed by atoms with van der Waals surface area (Å²) < 4.78 is 0. The van der Waals surface area contributed by atoms with E-state index in [-0.39, 0.29) is 5.92 Å². The molecule has 17 heavy (non-hydrogen) atoms. The van der Waals surface area contributed by atoms with E-state index in [0.717, 1.165) is 50.9 Å². The Morgan fingerprint density at radius 1 is 1.18 bits per heavy atom. The van der Waals surface area contributed by atoms with Crippen molar-refractivity contribution in [3.05, 3.63) is 0 Å². The lowest BCUT2D eigenvalue weighted by atomic mass is 9.98. The summed E-state index contributed by atoms with van der Waals surface area (Å²) in [6.45, 7) is 5.16. The lowest BCUT2D eigenvalue weighted by Gasteiger charge is -2.23. The molecule has 0 aromatic rings. The van der Waals surface area contributed by atoms with E-state index in [4.69, 9.17) is 11.6 Å². The Morgan fingerprint density at radius 3 is 2.41 bits per heavy atom. The average Bonchev–Trinajstić information content (AvgIpc) is 2.35. The first-order chi connectivity index (χ1) is 8.17. The highest BCUT2D eigenvalue weighted by Crippen LogP contribution is 2.15. The maximum absolute atomic E-state index is 12.1. The van der Waals surface area contributed by atoms with Crippen LogP contribution < -0.4 is 0 Å². The van der Waals surface area contributed by atoms with E-state index in [2.05, 4.69) is 13.8 Å². The minimum absolute atomic E-state index is 0.230. The van der Waals surface area contributed by atoms with E-state index in [9.17, 15) is 4.79 Å². The van der Waals surface area contributed by atoms with Gasteiger partial charge in [-0.15, -0.1) is 11.6 Å². The molecule has 1 amide bonds. The lowest BCUT2D eigenvalue weighted by molar-refractivity contribution is -0.134. The van der Waals surface area contributed by atoms with Gasteiger partial charge in [-0.3, -0.25) is 4.79 Å². The second-order valence-corrected chi connectivity index (χ2v) is 5.13. The smallest absolute Gasteiger partial charge is 0.225 e. The number of carbonyl (C=O) groups is 1. The Kier molecular flexibility index (Phi) is 10.7. The highest BCUT2D eigenvalue weighted by Gasteiger charge is 2.19. The number of halogens is 1. The van der Waals surface area contributed by atoms with Crippen LogP contribution in [0.4, 0.5) is 0 Å². The third-order valence-corrected chi connectivity index (χ3v) is 3.52. The number of amides is 1. The van der Waals surface area contributed by atoms with Gasteiger partial charge in [0.15, 0.2) is 0 Å². The highest BCUT2D eigenvalue weighted by molar-refractivity contribution is 6.17. The zero-order valence-electron chi connectivity index (χ0n) is 11.7. The monoisotopic (exact) mass is 261 g/mol. The average molecular weight is 262 g/mol. The molecule has 0 aromatic carbocycles. The van der Waals surface area contributed by atoms with Gasteiger partial charge in [0.05, 0.1) is 0 Å². The summed E-state index contributed by atoms with van der Waals surface area (Å²) in [6, 6.07) is 0. The van der Waals surface area contributed by atoms with Crippen LogP contribution in [-0.4, -0.2) is 30.3 Å². The van der Waals surface area contributed by atoms with Crippen molar-refractivity contribution in [3.63, 3.8) is 0 Å². The van der Waals surface area contributed by atoms with Crippen molar-refractivity contribution in [1.29, 1.82) is 0 Å². The number of hydrogen-bond donors (Lipinski definition) is 0. The van der Waals surface area contributed by atoms with Crippen LogP contribution in [0.25, 0.3) is 0 Å². The van der Waals surface area contributed by atoms with Crippen molar-refractivity contribution >= 4 is 17.5 Å². The normalized spacial score (nSPS) is 12.5. The first-order valence-electron chi connectivity index (χ1n) is 6.98. The molecule has 0 rings (SSSR count). The van der Waals surface area contributed by atoms with Crippen LogP contribution in [0.15, 0.2) is 0 Å². The lowest BCUT2D eigenvalue weighted by Crippen LogP contribution is -2.33. The van der Waals surface area contributed by atoms with Gasteiger partial charge in [0.25, 0.3) is 0 Å². The minimum Gasteiger partial charge on any atom is -0.346 e. The predicted molar refractivity (Wildman–Crippen MR) is 75.5 cm³/mol. The van der Waals surface area contributed by atoms with Crippen LogP contribution >= 0.6 is 11.6 Å². The van der Waals surface area contributed by atoms with Crippen LogP contribution in [0.3, 0.4) is 0 Å². The maximum atomic E-state index is 12.1. The molecule has 0 bridgehead atoms. The minimum atomic E-state index is 0.230. The Labute approximate surface area is 112 Å². The van der Waals surface area contributed by atoms with Gasteiger partial charge in [-0.1, -0.05) is 33.1 Å². The standard InChI is InChI=1S/C14H28ClNO/c1-4-6-10-13(5-2)14(17)16(3)12-9-7-8-11-15/h13H,4-12H2,1-3H3. The topological polar surface area (TPSA) is 20.3 Å². The molecule has 0 aliphatic rings. The van der Waals surface area contributed by atoms with Crippen molar-refractivity contribution in [1.82, 2.24) is 4.90 Å². The summed E-state index contributed by atoms with van der Waals surface area (Å²) in [5, 5.41) is 0. The van der Waals surface area contributed by atoms with Gasteiger partial charge in [-0.05, 0) is 25.7 Å². The van der Waals surface area contributed by atoms with E-state index in [1.807, 2.05) is 11.9 Å². The summed E-state index contributed by atoms with van der Waals surface area (Å²) in [5.41, 5.74) is 0. The number of unbranched alkanes of at least 4 members (excludes halogenated alkanes) is 3. The number of alkyl halides is 1. The third-order valence-electron chi connectivity index (χ3n) is 3.25. The van der Waals surface area contributed by atoms with Crippen LogP contribution in [0, 0.1) is 5.92 Å². The van der Waals surface area contributed by atoms with Crippen molar-refractivity contribution in [2.24, 2.45) is 5.92 Å². The fourth-order valence-electron chi connectivity index (χ4n) is 1.99. The van der Waals surface area contributed by atoms with Gasteiger partial charge in [-0.2, -0.15) is 0 Å². The first-order valence-corrected chi connectivity index (χ1v) is 7.51. The second kappa shape index (κ2) is 10.9. The summed E-state index contributed by atoms with van der Waals surface area (Å²) in [7, 11) is 1.93. The highest BCUT2D eigenvalue weighted by atomic mass is 35.5. The van der Waals surface area contributed by atoms with Crippen molar-refractivity contribution in [2.75, 3.05) is 19.5 Å². The molecular weight excluding hydrogens is 234 g/mol. The largest absolute Gasteiger partial charge is 0.346 e. The second-order valence-electron chi connectivity index (χ2n) is 4.76. The molecule has 0 spiro atoms. The first kappa shape index (κ1) is 16.8. The Bertz CT molecular complexity index is 197. The molecule has 0 aliphatic carbocycles. The molecule has 0 saturated carbocycles. The van der Waals surface area contributed by atoms with Gasteiger partial charge < -0.3 is 4.90 Å². The van der Waals surface area contributed by atoms with Gasteiger partial charge in [0, 0.05) is 25.4 Å². The van der Waals surface area contributed by atoms with E-state index >= 15 is 0 Å². The molecule has 3 heteroatoms. The maximum Gasteiger partial charge on any atom is 0.225 e. The van der Waals surface area contributed by atoms with Crippen molar-refractivity contribution < 1.29 is 4.79 Å². The quantitative estimate of drug-likeness (QED) is 0.429. The molecule has 0 saturated heterocycles. The van der Waals surface area contributed by atoms with Crippen molar-refractivity contribution in [3.8, 4) is 0 Å². The van der Waals surface area contributed by atoms with Gasteiger partial charge >= 0.3 is 0 Å². The van der Waals surface area contributed by atoms with E-state index < -0.39 is 0 Å². The Morgan fingerprint density at radius 2 is 1.88 bits per heavy atom. The molecule has 1 unspecified atom stereocenters. The molecule has 1 atom stereocenters. The summed E-state index contributed by atoms with van der Waals surface area (Å²) in [5.74, 6) is 1.28. The van der Waals surface area contributed by atoms with Crippen LogP contribution in [0.1, 0.15) is 58.8 Å². The zero-order chi connectivity index (χ0) is 13.1. The van der Waals surface area contributed by atoms with Crippen LogP contribution in [0.5, 0.6) is 0 Å². The number of rotatable bonds is 10. The molecule has 0 fully saturated rings. The van der Waals surface area contributed by atoms with E-state index in [0.29, 0.717) is 5.91 Å². The van der Waals surface area contributed by atoms with Gasteiger partial charge in [0.1, 0.15) is 0 Å². The third kappa shape index (κ3) is 7.64. The molecule has 102 valence electrons. The van der Waals surface area contributed by atoms with Gasteiger partial charge in [-0.25, -0.2) is 0 Å². The number of hydrogen-bond acceptors (Lipinski definition) is 1. The van der Waals surface area contributed by atoms with E-state index in [1.54, 1.807) is 0 Å². The molecular formula is C14H28ClNO. The SMILES string of the molecule is CCCCC(CC)C(=O)N(C)CCCCCCl. The number of nitrogens with zero attached hydrogens (tertiary/aromatic N) is 1. The predicted octanol–water partition coefficient (Wildman–Crippen LogP) is 4.07.